The topological polar surface area (TPSA) is 121 Å². The largest absolute Gasteiger partial charge is 0.506 e. The quantitative estimate of drug-likeness (QED) is 0.705. The van der Waals surface area contributed by atoms with Gasteiger partial charge in [-0.15, -0.1) is 0 Å². The fourth-order valence-electron chi connectivity index (χ4n) is 2.10. The highest BCUT2D eigenvalue weighted by Gasteiger charge is 2.36. The number of nitrogens with zero attached hydrogens (tertiary/aromatic N) is 1. The number of anilines is 1. The van der Waals surface area contributed by atoms with E-state index in [0.717, 1.165) is 4.90 Å². The lowest BCUT2D eigenvalue weighted by atomic mass is 10.1. The zero-order valence-corrected chi connectivity index (χ0v) is 9.87. The van der Waals surface area contributed by atoms with Crippen molar-refractivity contribution in [1.82, 2.24) is 0 Å². The highest BCUT2D eigenvalue weighted by Crippen LogP contribution is 2.35. The summed E-state index contributed by atoms with van der Waals surface area (Å²) in [7, 11) is 0. The van der Waals surface area contributed by atoms with Gasteiger partial charge in [0.25, 0.3) is 0 Å². The number of rotatable bonds is 3. The van der Waals surface area contributed by atoms with Crippen molar-refractivity contribution >= 4 is 23.5 Å². The third-order valence-electron chi connectivity index (χ3n) is 3.04. The first-order valence-corrected chi connectivity index (χ1v) is 5.56. The third-order valence-corrected chi connectivity index (χ3v) is 3.04. The van der Waals surface area contributed by atoms with Crippen LogP contribution in [-0.2, 0) is 9.59 Å². The van der Waals surface area contributed by atoms with E-state index in [-0.39, 0.29) is 30.0 Å². The Kier molecular flexibility index (Phi) is 3.12. The van der Waals surface area contributed by atoms with Crippen molar-refractivity contribution in [3.8, 4) is 5.75 Å². The standard InChI is InChI=1S/C12H12N2O5/c13-11(17)6-4-9(16)14(5-6)10-7(12(18)19)2-1-3-8(10)15/h1-3,6,15H,4-5H2,(H2,13,17)(H,18,19). The van der Waals surface area contributed by atoms with E-state index in [0.29, 0.717) is 0 Å². The van der Waals surface area contributed by atoms with Crippen LogP contribution in [0, 0.1) is 5.92 Å². The molecule has 1 heterocycles. The van der Waals surface area contributed by atoms with Gasteiger partial charge in [0.15, 0.2) is 0 Å². The maximum atomic E-state index is 11.8. The zero-order valence-electron chi connectivity index (χ0n) is 9.87. The number of aromatic hydroxyl groups is 1. The molecule has 1 aliphatic rings. The molecule has 4 N–H and O–H groups in total. The molecule has 1 atom stereocenters. The fraction of sp³-hybridized carbons (Fsp3) is 0.250. The molecule has 2 amide bonds. The Hall–Kier alpha value is -2.57. The summed E-state index contributed by atoms with van der Waals surface area (Å²) >= 11 is 0. The molecule has 1 unspecified atom stereocenters. The first-order chi connectivity index (χ1) is 8.91. The second kappa shape index (κ2) is 4.60. The zero-order chi connectivity index (χ0) is 14.2. The van der Waals surface area contributed by atoms with E-state index in [9.17, 15) is 19.5 Å². The molecule has 7 nitrogen and oxygen atoms in total. The van der Waals surface area contributed by atoms with Crippen molar-refractivity contribution in [2.24, 2.45) is 11.7 Å². The van der Waals surface area contributed by atoms with Crippen LogP contribution in [0.4, 0.5) is 5.69 Å². The molecule has 0 bridgehead atoms. The normalized spacial score (nSPS) is 18.6. The van der Waals surface area contributed by atoms with Crippen LogP contribution >= 0.6 is 0 Å². The lowest BCUT2D eigenvalue weighted by Crippen LogP contribution is -2.29. The monoisotopic (exact) mass is 264 g/mol. The van der Waals surface area contributed by atoms with E-state index < -0.39 is 23.7 Å². The van der Waals surface area contributed by atoms with Gasteiger partial charge in [-0.1, -0.05) is 6.07 Å². The summed E-state index contributed by atoms with van der Waals surface area (Å²) in [6.07, 6.45) is -0.0806. The predicted molar refractivity (Wildman–Crippen MR) is 64.7 cm³/mol. The highest BCUT2D eigenvalue weighted by atomic mass is 16.4. The van der Waals surface area contributed by atoms with Gasteiger partial charge in [-0.2, -0.15) is 0 Å². The van der Waals surface area contributed by atoms with E-state index in [1.54, 1.807) is 0 Å². The molecule has 1 fully saturated rings. The molecule has 1 aromatic carbocycles. The van der Waals surface area contributed by atoms with Gasteiger partial charge in [-0.05, 0) is 12.1 Å². The Morgan fingerprint density at radius 1 is 1.37 bits per heavy atom. The Balaban J connectivity index is 2.45. The van der Waals surface area contributed by atoms with Crippen LogP contribution in [0.1, 0.15) is 16.8 Å². The van der Waals surface area contributed by atoms with Crippen LogP contribution < -0.4 is 10.6 Å². The number of carboxylic acid groups (broad SMARTS) is 1. The SMILES string of the molecule is NC(=O)C1CC(=O)N(c2c(O)cccc2C(=O)O)C1. The van der Waals surface area contributed by atoms with Crippen molar-refractivity contribution in [1.29, 1.82) is 0 Å². The van der Waals surface area contributed by atoms with Crippen LogP contribution in [0.15, 0.2) is 18.2 Å². The summed E-state index contributed by atoms with van der Waals surface area (Å²) in [6.45, 7) is -0.0218. The first kappa shape index (κ1) is 12.9. The van der Waals surface area contributed by atoms with Gasteiger partial charge in [0, 0.05) is 13.0 Å². The van der Waals surface area contributed by atoms with Crippen molar-refractivity contribution < 1.29 is 24.6 Å². The number of hydrogen-bond acceptors (Lipinski definition) is 4. The summed E-state index contributed by atoms with van der Waals surface area (Å²) in [6, 6.07) is 3.93. The van der Waals surface area contributed by atoms with Crippen molar-refractivity contribution in [2.45, 2.75) is 6.42 Å². The number of phenolic OH excluding ortho intramolecular Hbond substituents is 1. The van der Waals surface area contributed by atoms with Crippen LogP contribution in [0.2, 0.25) is 0 Å². The Bertz CT molecular complexity index is 569. The van der Waals surface area contributed by atoms with Crippen LogP contribution in [0.25, 0.3) is 0 Å². The molecule has 2 rings (SSSR count). The molecule has 1 saturated heterocycles. The number of nitrogens with two attached hydrogens (primary N) is 1. The number of carboxylic acids is 1. The molecule has 19 heavy (non-hydrogen) atoms. The summed E-state index contributed by atoms with van der Waals surface area (Å²) in [4.78, 5) is 35.1. The number of carbonyl (C=O) groups excluding carboxylic acids is 2. The second-order valence-electron chi connectivity index (χ2n) is 4.29. The molecule has 7 heteroatoms. The molecule has 1 aliphatic heterocycles. The van der Waals surface area contributed by atoms with Crippen LogP contribution in [-0.4, -0.2) is 34.5 Å². The number of primary amides is 1. The van der Waals surface area contributed by atoms with Gasteiger partial charge in [0.05, 0.1) is 11.5 Å². The second-order valence-corrected chi connectivity index (χ2v) is 4.29. The Morgan fingerprint density at radius 2 is 2.05 bits per heavy atom. The molecule has 0 aliphatic carbocycles. The van der Waals surface area contributed by atoms with E-state index in [1.165, 1.54) is 18.2 Å². The average molecular weight is 264 g/mol. The number of aromatic carboxylic acids is 1. The summed E-state index contributed by atoms with van der Waals surface area (Å²) < 4.78 is 0. The Morgan fingerprint density at radius 3 is 2.58 bits per heavy atom. The highest BCUT2D eigenvalue weighted by molar-refractivity contribution is 6.06. The number of para-hydroxylation sites is 1. The van der Waals surface area contributed by atoms with Gasteiger partial charge in [-0.3, -0.25) is 9.59 Å². The van der Waals surface area contributed by atoms with Gasteiger partial charge in [-0.25, -0.2) is 4.79 Å². The molecule has 0 aromatic heterocycles. The molecular weight excluding hydrogens is 252 g/mol. The van der Waals surface area contributed by atoms with Crippen molar-refractivity contribution in [3.63, 3.8) is 0 Å². The lowest BCUT2D eigenvalue weighted by Gasteiger charge is -2.19. The smallest absolute Gasteiger partial charge is 0.337 e. The van der Waals surface area contributed by atoms with Crippen LogP contribution in [0.3, 0.4) is 0 Å². The maximum absolute atomic E-state index is 11.8. The minimum absolute atomic E-state index is 0.0218. The number of hydrogen-bond donors (Lipinski definition) is 3. The van der Waals surface area contributed by atoms with E-state index >= 15 is 0 Å². The molecule has 100 valence electrons. The van der Waals surface area contributed by atoms with E-state index in [1.807, 2.05) is 0 Å². The average Bonchev–Trinajstić information content (AvgIpc) is 2.71. The summed E-state index contributed by atoms with van der Waals surface area (Å²) in [5, 5.41) is 18.8. The van der Waals surface area contributed by atoms with Gasteiger partial charge >= 0.3 is 5.97 Å². The minimum Gasteiger partial charge on any atom is -0.506 e. The van der Waals surface area contributed by atoms with Crippen LogP contribution in [0.5, 0.6) is 5.75 Å². The number of phenols is 1. The van der Waals surface area contributed by atoms with Gasteiger partial charge < -0.3 is 20.8 Å². The number of carbonyl (C=O) groups is 3. The number of benzene rings is 1. The Labute approximate surface area is 108 Å². The predicted octanol–water partition coefficient (Wildman–Crippen LogP) is -0.0714. The minimum atomic E-state index is -1.26. The van der Waals surface area contributed by atoms with Crippen molar-refractivity contribution in [2.75, 3.05) is 11.4 Å². The summed E-state index contributed by atoms with van der Waals surface area (Å²) in [5.74, 6) is -3.32. The fourth-order valence-corrected chi connectivity index (χ4v) is 2.10. The molecular formula is C12H12N2O5. The third kappa shape index (κ3) is 2.22. The van der Waals surface area contributed by atoms with Gasteiger partial charge in [0.2, 0.25) is 11.8 Å². The molecule has 1 aromatic rings. The lowest BCUT2D eigenvalue weighted by molar-refractivity contribution is -0.123. The molecule has 0 spiro atoms. The maximum Gasteiger partial charge on any atom is 0.337 e. The summed E-state index contributed by atoms with van der Waals surface area (Å²) in [5.41, 5.74) is 4.85. The molecule has 0 saturated carbocycles. The number of amides is 2. The first-order valence-electron chi connectivity index (χ1n) is 5.56. The van der Waals surface area contributed by atoms with Gasteiger partial charge in [0.1, 0.15) is 11.4 Å². The van der Waals surface area contributed by atoms with Crippen molar-refractivity contribution in [3.05, 3.63) is 23.8 Å². The van der Waals surface area contributed by atoms with E-state index in [2.05, 4.69) is 0 Å². The molecule has 0 radical (unpaired) electrons. The van der Waals surface area contributed by atoms with E-state index in [4.69, 9.17) is 10.8 Å².